The van der Waals surface area contributed by atoms with Gasteiger partial charge >= 0.3 is 0 Å². The molecule has 1 saturated heterocycles. The van der Waals surface area contributed by atoms with E-state index in [1.54, 1.807) is 0 Å². The van der Waals surface area contributed by atoms with Gasteiger partial charge in [0.25, 0.3) is 0 Å². The Kier molecular flexibility index (Phi) is 4.62. The second kappa shape index (κ2) is 5.99. The van der Waals surface area contributed by atoms with Gasteiger partial charge < -0.3 is 15.3 Å². The Balaban J connectivity index is 1.67. The number of rotatable bonds is 4. The van der Waals surface area contributed by atoms with Crippen molar-refractivity contribution in [3.63, 3.8) is 0 Å². The molecule has 0 bridgehead atoms. The first-order valence-electron chi connectivity index (χ1n) is 6.93. The SMILES string of the molecule is CCN1CCC(CN[C@@H]2CCCC[C@H]2O)C1. The summed E-state index contributed by atoms with van der Waals surface area (Å²) in [7, 11) is 0. The minimum atomic E-state index is -0.0996. The van der Waals surface area contributed by atoms with Gasteiger partial charge in [-0.25, -0.2) is 0 Å². The Morgan fingerprint density at radius 2 is 2.06 bits per heavy atom. The van der Waals surface area contributed by atoms with Crippen molar-refractivity contribution >= 4 is 0 Å². The van der Waals surface area contributed by atoms with Crippen molar-refractivity contribution in [2.45, 2.75) is 51.2 Å². The number of likely N-dealkylation sites (tertiary alicyclic amines) is 1. The fourth-order valence-electron chi connectivity index (χ4n) is 3.03. The lowest BCUT2D eigenvalue weighted by Crippen LogP contribution is -2.44. The van der Waals surface area contributed by atoms with Crippen molar-refractivity contribution in [1.82, 2.24) is 10.2 Å². The number of hydrogen-bond acceptors (Lipinski definition) is 3. The number of aliphatic hydroxyl groups excluding tert-OH is 1. The Hall–Kier alpha value is -0.120. The van der Waals surface area contributed by atoms with Crippen LogP contribution in [0.2, 0.25) is 0 Å². The fraction of sp³-hybridized carbons (Fsp3) is 1.00. The second-order valence-electron chi connectivity index (χ2n) is 5.41. The van der Waals surface area contributed by atoms with Gasteiger partial charge in [-0.05, 0) is 44.8 Å². The van der Waals surface area contributed by atoms with E-state index in [1.807, 2.05) is 0 Å². The van der Waals surface area contributed by atoms with Crippen molar-refractivity contribution < 1.29 is 5.11 Å². The van der Waals surface area contributed by atoms with E-state index in [2.05, 4.69) is 17.1 Å². The molecule has 94 valence electrons. The van der Waals surface area contributed by atoms with E-state index in [9.17, 15) is 5.11 Å². The summed E-state index contributed by atoms with van der Waals surface area (Å²) in [4.78, 5) is 2.52. The first kappa shape index (κ1) is 12.3. The van der Waals surface area contributed by atoms with Gasteiger partial charge in [-0.1, -0.05) is 19.8 Å². The summed E-state index contributed by atoms with van der Waals surface area (Å²) >= 11 is 0. The smallest absolute Gasteiger partial charge is 0.0693 e. The lowest BCUT2D eigenvalue weighted by atomic mass is 9.92. The van der Waals surface area contributed by atoms with E-state index in [4.69, 9.17) is 0 Å². The van der Waals surface area contributed by atoms with Gasteiger partial charge in [0.15, 0.2) is 0 Å². The van der Waals surface area contributed by atoms with E-state index in [0.29, 0.717) is 6.04 Å². The molecule has 1 aliphatic heterocycles. The Morgan fingerprint density at radius 3 is 2.75 bits per heavy atom. The first-order valence-corrected chi connectivity index (χ1v) is 6.93. The van der Waals surface area contributed by atoms with Gasteiger partial charge in [0.05, 0.1) is 6.10 Å². The molecule has 3 atom stereocenters. The molecule has 0 aromatic heterocycles. The number of nitrogens with zero attached hydrogens (tertiary/aromatic N) is 1. The number of hydrogen-bond donors (Lipinski definition) is 2. The quantitative estimate of drug-likeness (QED) is 0.756. The van der Waals surface area contributed by atoms with Crippen LogP contribution in [-0.2, 0) is 0 Å². The zero-order valence-electron chi connectivity index (χ0n) is 10.5. The highest BCUT2D eigenvalue weighted by Crippen LogP contribution is 2.20. The highest BCUT2D eigenvalue weighted by Gasteiger charge is 2.25. The number of aliphatic hydroxyl groups is 1. The predicted molar refractivity (Wildman–Crippen MR) is 66.5 cm³/mol. The van der Waals surface area contributed by atoms with E-state index in [-0.39, 0.29) is 6.10 Å². The molecule has 2 N–H and O–H groups in total. The summed E-state index contributed by atoms with van der Waals surface area (Å²) in [5, 5.41) is 13.4. The second-order valence-corrected chi connectivity index (χ2v) is 5.41. The normalized spacial score (nSPS) is 36.8. The summed E-state index contributed by atoms with van der Waals surface area (Å²) in [6.07, 6.45) is 5.85. The lowest BCUT2D eigenvalue weighted by Gasteiger charge is -2.29. The van der Waals surface area contributed by atoms with Crippen LogP contribution in [0, 0.1) is 5.92 Å². The minimum Gasteiger partial charge on any atom is -0.392 e. The molecule has 1 unspecified atom stereocenters. The van der Waals surface area contributed by atoms with Crippen LogP contribution in [-0.4, -0.2) is 48.3 Å². The highest BCUT2D eigenvalue weighted by molar-refractivity contribution is 4.83. The average Bonchev–Trinajstić information content (AvgIpc) is 2.76. The Labute approximate surface area is 99.2 Å². The molecule has 2 fully saturated rings. The third-order valence-corrected chi connectivity index (χ3v) is 4.22. The van der Waals surface area contributed by atoms with Crippen molar-refractivity contribution in [2.75, 3.05) is 26.2 Å². The van der Waals surface area contributed by atoms with E-state index in [1.165, 1.54) is 38.9 Å². The summed E-state index contributed by atoms with van der Waals surface area (Å²) in [5.41, 5.74) is 0. The molecule has 3 heteroatoms. The van der Waals surface area contributed by atoms with Crippen LogP contribution in [0.4, 0.5) is 0 Å². The Bertz CT molecular complexity index is 210. The van der Waals surface area contributed by atoms with Gasteiger partial charge in [0.2, 0.25) is 0 Å². The molecule has 16 heavy (non-hydrogen) atoms. The number of nitrogens with one attached hydrogen (secondary N) is 1. The molecule has 0 aromatic carbocycles. The van der Waals surface area contributed by atoms with Gasteiger partial charge in [-0.2, -0.15) is 0 Å². The standard InChI is InChI=1S/C13H26N2O/c1-2-15-8-7-11(10-15)9-14-12-5-3-4-6-13(12)16/h11-14,16H,2-10H2,1H3/t11?,12-,13-/m1/s1. The van der Waals surface area contributed by atoms with Crippen LogP contribution in [0.3, 0.4) is 0 Å². The van der Waals surface area contributed by atoms with Crippen LogP contribution in [0.15, 0.2) is 0 Å². The molecule has 2 aliphatic rings. The topological polar surface area (TPSA) is 35.5 Å². The highest BCUT2D eigenvalue weighted by atomic mass is 16.3. The van der Waals surface area contributed by atoms with Crippen LogP contribution in [0.1, 0.15) is 39.0 Å². The lowest BCUT2D eigenvalue weighted by molar-refractivity contribution is 0.0890. The van der Waals surface area contributed by atoms with Gasteiger partial charge in [-0.3, -0.25) is 0 Å². The summed E-state index contributed by atoms with van der Waals surface area (Å²) in [6.45, 7) is 7.02. The zero-order valence-corrected chi connectivity index (χ0v) is 10.5. The maximum absolute atomic E-state index is 9.87. The molecule has 0 amide bonds. The molecule has 0 aromatic rings. The average molecular weight is 226 g/mol. The van der Waals surface area contributed by atoms with Crippen molar-refractivity contribution in [1.29, 1.82) is 0 Å². The van der Waals surface area contributed by atoms with Gasteiger partial charge in [-0.15, -0.1) is 0 Å². The van der Waals surface area contributed by atoms with E-state index in [0.717, 1.165) is 25.3 Å². The van der Waals surface area contributed by atoms with E-state index < -0.39 is 0 Å². The minimum absolute atomic E-state index is 0.0996. The molecular formula is C13H26N2O. The van der Waals surface area contributed by atoms with Crippen LogP contribution < -0.4 is 5.32 Å². The molecule has 2 rings (SSSR count). The molecule has 1 saturated carbocycles. The van der Waals surface area contributed by atoms with Crippen molar-refractivity contribution in [3.05, 3.63) is 0 Å². The molecule has 1 aliphatic carbocycles. The fourth-order valence-corrected chi connectivity index (χ4v) is 3.03. The third kappa shape index (κ3) is 3.19. The molecule has 3 nitrogen and oxygen atoms in total. The first-order chi connectivity index (χ1) is 7.79. The van der Waals surface area contributed by atoms with Crippen LogP contribution in [0.25, 0.3) is 0 Å². The largest absolute Gasteiger partial charge is 0.392 e. The zero-order chi connectivity index (χ0) is 11.4. The monoisotopic (exact) mass is 226 g/mol. The van der Waals surface area contributed by atoms with Crippen LogP contribution in [0.5, 0.6) is 0 Å². The maximum atomic E-state index is 9.87. The van der Waals surface area contributed by atoms with Gasteiger partial charge in [0.1, 0.15) is 0 Å². The molecule has 0 radical (unpaired) electrons. The predicted octanol–water partition coefficient (Wildman–Crippen LogP) is 1.22. The molecule has 1 heterocycles. The molecule has 0 spiro atoms. The summed E-state index contributed by atoms with van der Waals surface area (Å²) in [6, 6.07) is 0.365. The third-order valence-electron chi connectivity index (χ3n) is 4.22. The maximum Gasteiger partial charge on any atom is 0.0693 e. The summed E-state index contributed by atoms with van der Waals surface area (Å²) in [5.74, 6) is 0.800. The Morgan fingerprint density at radius 1 is 1.25 bits per heavy atom. The summed E-state index contributed by atoms with van der Waals surface area (Å²) < 4.78 is 0. The van der Waals surface area contributed by atoms with Crippen molar-refractivity contribution in [2.24, 2.45) is 5.92 Å². The van der Waals surface area contributed by atoms with Crippen molar-refractivity contribution in [3.8, 4) is 0 Å². The van der Waals surface area contributed by atoms with Gasteiger partial charge in [0, 0.05) is 12.6 Å². The molecular weight excluding hydrogens is 200 g/mol. The van der Waals surface area contributed by atoms with Crippen LogP contribution >= 0.6 is 0 Å². The van der Waals surface area contributed by atoms with E-state index >= 15 is 0 Å².